The Morgan fingerprint density at radius 2 is 1.88 bits per heavy atom. The number of carbonyl (C=O) groups excluding carboxylic acids is 1. The number of benzene rings is 2. The van der Waals surface area contributed by atoms with E-state index in [-0.39, 0.29) is 17.0 Å². The zero-order valence-electron chi connectivity index (χ0n) is 13.7. The van der Waals surface area contributed by atoms with Crippen molar-refractivity contribution in [2.75, 3.05) is 24.9 Å². The quantitative estimate of drug-likeness (QED) is 0.600. The molecule has 0 aliphatic carbocycles. The van der Waals surface area contributed by atoms with Gasteiger partial charge in [-0.3, -0.25) is 19.8 Å². The third kappa shape index (κ3) is 3.25. The van der Waals surface area contributed by atoms with Crippen LogP contribution in [0.3, 0.4) is 0 Å². The van der Waals surface area contributed by atoms with Crippen LogP contribution in [-0.4, -0.2) is 30.8 Å². The number of nitro groups is 1. The van der Waals surface area contributed by atoms with Gasteiger partial charge in [-0.1, -0.05) is 0 Å². The van der Waals surface area contributed by atoms with Gasteiger partial charge in [-0.05, 0) is 29.8 Å². The molecule has 1 amide bonds. The highest BCUT2D eigenvalue weighted by Gasteiger charge is 2.35. The van der Waals surface area contributed by atoms with Crippen LogP contribution in [0.1, 0.15) is 10.9 Å². The zero-order valence-corrected chi connectivity index (χ0v) is 14.5. The highest BCUT2D eigenvalue weighted by Crippen LogP contribution is 2.45. The summed E-state index contributed by atoms with van der Waals surface area (Å²) in [5.74, 6) is 1.45. The van der Waals surface area contributed by atoms with Crippen LogP contribution in [-0.2, 0) is 4.79 Å². The van der Waals surface area contributed by atoms with Crippen LogP contribution >= 0.6 is 11.8 Å². The topological polar surface area (TPSA) is 81.9 Å². The highest BCUT2D eigenvalue weighted by molar-refractivity contribution is 8.00. The molecule has 0 spiro atoms. The number of thioether (sulfide) groups is 1. The smallest absolute Gasteiger partial charge is 0.269 e. The van der Waals surface area contributed by atoms with E-state index in [1.165, 1.54) is 31.0 Å². The van der Waals surface area contributed by atoms with Gasteiger partial charge in [0.05, 0.1) is 30.6 Å². The van der Waals surface area contributed by atoms with E-state index in [4.69, 9.17) is 9.47 Å². The van der Waals surface area contributed by atoms with E-state index in [9.17, 15) is 14.9 Å². The fourth-order valence-corrected chi connectivity index (χ4v) is 3.84. The summed E-state index contributed by atoms with van der Waals surface area (Å²) in [5, 5.41) is 10.6. The predicted octanol–water partition coefficient (Wildman–Crippen LogP) is 3.39. The molecule has 1 fully saturated rings. The lowest BCUT2D eigenvalue weighted by Crippen LogP contribution is -2.28. The van der Waals surface area contributed by atoms with Gasteiger partial charge in [0.1, 0.15) is 16.9 Å². The van der Waals surface area contributed by atoms with Crippen LogP contribution in [0.15, 0.2) is 42.5 Å². The number of hydrogen-bond donors (Lipinski definition) is 0. The molecule has 2 aromatic rings. The maximum absolute atomic E-state index is 12.5. The number of ether oxygens (including phenoxy) is 2. The number of hydrogen-bond acceptors (Lipinski definition) is 6. The Hall–Kier alpha value is -2.74. The fourth-order valence-electron chi connectivity index (χ4n) is 2.68. The number of nitrogens with zero attached hydrogens (tertiary/aromatic N) is 2. The first-order valence-electron chi connectivity index (χ1n) is 7.45. The maximum atomic E-state index is 12.5. The first-order chi connectivity index (χ1) is 12.0. The van der Waals surface area contributed by atoms with Crippen molar-refractivity contribution >= 4 is 29.0 Å². The lowest BCUT2D eigenvalue weighted by molar-refractivity contribution is -0.384. The SMILES string of the molecule is COc1ccc(N2C(=O)CS[C@H]2c2ccc([N+](=O)[O-])cc2)c(OC)c1. The standard InChI is InChI=1S/C17H16N2O5S/c1-23-13-7-8-14(15(9-13)24-2)18-16(20)10-25-17(18)11-3-5-12(6-4-11)19(21)22/h3-9,17H,10H2,1-2H3/t17-/m0/s1. The van der Waals surface area contributed by atoms with Gasteiger partial charge >= 0.3 is 0 Å². The van der Waals surface area contributed by atoms with Crippen molar-refractivity contribution in [1.29, 1.82) is 0 Å². The van der Waals surface area contributed by atoms with Gasteiger partial charge in [0, 0.05) is 18.2 Å². The van der Waals surface area contributed by atoms with E-state index in [1.54, 1.807) is 42.3 Å². The molecule has 0 N–H and O–H groups in total. The molecule has 1 aliphatic rings. The van der Waals surface area contributed by atoms with Crippen molar-refractivity contribution in [3.05, 3.63) is 58.1 Å². The second kappa shape index (κ2) is 7.02. The Kier molecular flexibility index (Phi) is 4.80. The maximum Gasteiger partial charge on any atom is 0.269 e. The number of carbonyl (C=O) groups is 1. The zero-order chi connectivity index (χ0) is 18.0. The fraction of sp³-hybridized carbons (Fsp3) is 0.235. The summed E-state index contributed by atoms with van der Waals surface area (Å²) in [6.07, 6.45) is 0. The summed E-state index contributed by atoms with van der Waals surface area (Å²) < 4.78 is 10.6. The molecule has 0 radical (unpaired) electrons. The van der Waals surface area contributed by atoms with Crippen LogP contribution in [0.5, 0.6) is 11.5 Å². The van der Waals surface area contributed by atoms with Crippen LogP contribution < -0.4 is 14.4 Å². The van der Waals surface area contributed by atoms with Gasteiger partial charge in [-0.15, -0.1) is 11.8 Å². The summed E-state index contributed by atoms with van der Waals surface area (Å²) in [5.41, 5.74) is 1.48. The largest absolute Gasteiger partial charge is 0.497 e. The summed E-state index contributed by atoms with van der Waals surface area (Å²) in [7, 11) is 3.10. The second-order valence-corrected chi connectivity index (χ2v) is 6.38. The predicted molar refractivity (Wildman–Crippen MR) is 95.3 cm³/mol. The third-order valence-corrected chi connectivity index (χ3v) is 5.12. The van der Waals surface area contributed by atoms with Crippen molar-refractivity contribution in [2.45, 2.75) is 5.37 Å². The number of nitro benzene ring substituents is 1. The molecule has 0 bridgehead atoms. The van der Waals surface area contributed by atoms with Crippen LogP contribution in [0, 0.1) is 10.1 Å². The Balaban J connectivity index is 1.99. The van der Waals surface area contributed by atoms with E-state index < -0.39 is 4.92 Å². The first-order valence-corrected chi connectivity index (χ1v) is 8.50. The van der Waals surface area contributed by atoms with Gasteiger partial charge < -0.3 is 9.47 Å². The lowest BCUT2D eigenvalue weighted by Gasteiger charge is -2.26. The third-order valence-electron chi connectivity index (χ3n) is 3.90. The molecular formula is C17H16N2O5S. The van der Waals surface area contributed by atoms with E-state index in [0.717, 1.165) is 5.56 Å². The Morgan fingerprint density at radius 3 is 2.48 bits per heavy atom. The average molecular weight is 360 g/mol. The summed E-state index contributed by atoms with van der Waals surface area (Å²) in [6, 6.07) is 11.5. The molecule has 2 aromatic carbocycles. The number of rotatable bonds is 5. The second-order valence-electron chi connectivity index (χ2n) is 5.31. The van der Waals surface area contributed by atoms with Gasteiger partial charge in [-0.25, -0.2) is 0 Å². The minimum absolute atomic E-state index is 0.0200. The minimum atomic E-state index is -0.443. The van der Waals surface area contributed by atoms with Crippen molar-refractivity contribution in [2.24, 2.45) is 0 Å². The Morgan fingerprint density at radius 1 is 1.16 bits per heavy atom. The molecular weight excluding hydrogens is 344 g/mol. The molecule has 1 saturated heterocycles. The van der Waals surface area contributed by atoms with E-state index >= 15 is 0 Å². The molecule has 130 valence electrons. The van der Waals surface area contributed by atoms with E-state index in [0.29, 0.717) is 22.9 Å². The van der Waals surface area contributed by atoms with Gasteiger partial charge in [0.25, 0.3) is 5.69 Å². The van der Waals surface area contributed by atoms with E-state index in [2.05, 4.69) is 0 Å². The van der Waals surface area contributed by atoms with Crippen LogP contribution in [0.25, 0.3) is 0 Å². The van der Waals surface area contributed by atoms with Crippen molar-refractivity contribution in [3.8, 4) is 11.5 Å². The summed E-state index contributed by atoms with van der Waals surface area (Å²) in [6.45, 7) is 0. The van der Waals surface area contributed by atoms with E-state index in [1.807, 2.05) is 0 Å². The monoisotopic (exact) mass is 360 g/mol. The molecule has 1 aliphatic heterocycles. The molecule has 1 atom stereocenters. The highest BCUT2D eigenvalue weighted by atomic mass is 32.2. The first kappa shape index (κ1) is 17.1. The molecule has 0 saturated carbocycles. The van der Waals surface area contributed by atoms with Crippen molar-refractivity contribution in [1.82, 2.24) is 0 Å². The number of methoxy groups -OCH3 is 2. The Labute approximate surface area is 148 Å². The molecule has 1 heterocycles. The average Bonchev–Trinajstić information content (AvgIpc) is 3.02. The number of non-ortho nitro benzene ring substituents is 1. The van der Waals surface area contributed by atoms with Gasteiger partial charge in [0.2, 0.25) is 5.91 Å². The number of amides is 1. The van der Waals surface area contributed by atoms with Crippen molar-refractivity contribution in [3.63, 3.8) is 0 Å². The molecule has 0 unspecified atom stereocenters. The molecule has 7 nitrogen and oxygen atoms in total. The van der Waals surface area contributed by atoms with Gasteiger partial charge in [0.15, 0.2) is 0 Å². The van der Waals surface area contributed by atoms with Crippen LogP contribution in [0.4, 0.5) is 11.4 Å². The van der Waals surface area contributed by atoms with Crippen molar-refractivity contribution < 1.29 is 19.2 Å². The number of anilines is 1. The molecule has 0 aromatic heterocycles. The van der Waals surface area contributed by atoms with Gasteiger partial charge in [-0.2, -0.15) is 0 Å². The summed E-state index contributed by atoms with van der Waals surface area (Å²) >= 11 is 1.47. The minimum Gasteiger partial charge on any atom is -0.497 e. The summed E-state index contributed by atoms with van der Waals surface area (Å²) in [4.78, 5) is 24.5. The molecule has 25 heavy (non-hydrogen) atoms. The lowest BCUT2D eigenvalue weighted by atomic mass is 10.1. The molecule has 8 heteroatoms. The Bertz CT molecular complexity index is 809. The molecule has 3 rings (SSSR count). The van der Waals surface area contributed by atoms with Crippen LogP contribution in [0.2, 0.25) is 0 Å². The normalized spacial score (nSPS) is 16.8.